The number of nitriles is 2. The first-order valence-corrected chi connectivity index (χ1v) is 31.0. The van der Waals surface area contributed by atoms with Crippen LogP contribution in [0.4, 0.5) is 68.2 Å². The van der Waals surface area contributed by atoms with Gasteiger partial charge in [0.15, 0.2) is 0 Å². The van der Waals surface area contributed by atoms with Crippen LogP contribution in [-0.2, 0) is 5.41 Å². The third-order valence-electron chi connectivity index (χ3n) is 17.8. The molecule has 6 nitrogen and oxygen atoms in total. The second-order valence-electron chi connectivity index (χ2n) is 24.3. The minimum absolute atomic E-state index is 0.255. The highest BCUT2D eigenvalue weighted by Gasteiger charge is 2.44. The molecule has 0 amide bonds. The Kier molecular flexibility index (Phi) is 14.3. The number of rotatable bonds is 12. The van der Waals surface area contributed by atoms with E-state index in [0.717, 1.165) is 129 Å². The summed E-state index contributed by atoms with van der Waals surface area (Å²) in [5.41, 5.74) is 25.8. The molecule has 0 fully saturated rings. The van der Waals surface area contributed by atoms with Crippen molar-refractivity contribution in [2.45, 2.75) is 26.2 Å². The monoisotopic (exact) mass is 1160 g/mol. The predicted molar refractivity (Wildman–Crippen MR) is 380 cm³/mol. The third-order valence-corrected chi connectivity index (χ3v) is 17.8. The molecule has 0 unspecified atom stereocenters. The minimum atomic E-state index is -0.378. The molecule has 430 valence electrons. The molecule has 0 bridgehead atoms. The topological polar surface area (TPSA) is 60.5 Å². The lowest BCUT2D eigenvalue weighted by molar-refractivity contribution is 0.591. The summed E-state index contributed by atoms with van der Waals surface area (Å²) >= 11 is 0. The Labute approximate surface area is 533 Å². The zero-order valence-corrected chi connectivity index (χ0v) is 50.8. The van der Waals surface area contributed by atoms with Gasteiger partial charge in [-0.25, -0.2) is 0 Å². The smallest absolute Gasteiger partial charge is 0.252 e. The first-order chi connectivity index (χ1) is 44.7. The van der Waals surface area contributed by atoms with Crippen LogP contribution >= 0.6 is 0 Å². The number of para-hydroxylation sites is 6. The Morgan fingerprint density at radius 3 is 1.16 bits per heavy atom. The van der Waals surface area contributed by atoms with Crippen molar-refractivity contribution in [2.75, 3.05) is 19.6 Å². The molecule has 0 radical (unpaired) electrons. The van der Waals surface area contributed by atoms with E-state index in [1.165, 1.54) is 5.46 Å². The Morgan fingerprint density at radius 1 is 0.319 bits per heavy atom. The fraction of sp³-hybridized carbons (Fsp3) is 0.0476. The van der Waals surface area contributed by atoms with E-state index in [1.807, 2.05) is 24.3 Å². The molecular weight excluding hydrogens is 1100 g/mol. The van der Waals surface area contributed by atoms with E-state index < -0.39 is 0 Å². The standard InChI is InChI=1S/C84H61BN6/c1-84(2,3)72-53-59(57-87)52-71(83(72)89(66-35-18-8-19-36-66)67-37-20-9-21-38-67)63-47-49-74-81(55-63)91(76-42-25-23-40-69(76)61-29-12-5-13-30-61)79-44-26-43-78-82(79)85(74)73-48-46-62(54-80(73)90(78)75-41-24-22-39-68(75)60-27-10-4-11-28-60)70-51-58(56-86)45-50-77(70)88(64-31-14-6-15-32-64)65-33-16-7-17-34-65/h4-55H,1-3H3. The molecule has 13 aromatic carbocycles. The number of nitrogens with zero attached hydrogens (tertiary/aromatic N) is 6. The molecule has 0 N–H and O–H groups in total. The van der Waals surface area contributed by atoms with Crippen LogP contribution in [0, 0.1) is 22.7 Å². The second kappa shape index (κ2) is 23.3. The first-order valence-electron chi connectivity index (χ1n) is 31.0. The molecule has 2 aliphatic rings. The van der Waals surface area contributed by atoms with Crippen molar-refractivity contribution in [3.8, 4) is 56.6 Å². The maximum atomic E-state index is 11.0. The maximum absolute atomic E-state index is 11.0. The Morgan fingerprint density at radius 2 is 0.714 bits per heavy atom. The molecule has 0 saturated heterocycles. The summed E-state index contributed by atoms with van der Waals surface area (Å²) in [7, 11) is 0. The minimum Gasteiger partial charge on any atom is -0.311 e. The number of fused-ring (bicyclic) bond motifs is 4. The van der Waals surface area contributed by atoms with Crippen molar-refractivity contribution in [1.29, 1.82) is 10.5 Å². The summed E-state index contributed by atoms with van der Waals surface area (Å²) in [5.74, 6) is 0. The van der Waals surface area contributed by atoms with E-state index in [0.29, 0.717) is 11.1 Å². The summed E-state index contributed by atoms with van der Waals surface area (Å²) in [6.07, 6.45) is 0. The molecule has 2 aliphatic heterocycles. The van der Waals surface area contributed by atoms with Gasteiger partial charge in [-0.15, -0.1) is 0 Å². The zero-order valence-electron chi connectivity index (χ0n) is 50.8. The van der Waals surface area contributed by atoms with E-state index in [2.05, 4.69) is 344 Å². The van der Waals surface area contributed by atoms with Crippen LogP contribution in [-0.4, -0.2) is 6.71 Å². The van der Waals surface area contributed by atoms with Gasteiger partial charge in [-0.2, -0.15) is 10.5 Å². The molecule has 15 rings (SSSR count). The molecule has 0 spiro atoms. The Hall–Kier alpha value is -11.9. The molecule has 0 saturated carbocycles. The number of hydrogen-bond acceptors (Lipinski definition) is 6. The van der Waals surface area contributed by atoms with Gasteiger partial charge in [-0.3, -0.25) is 0 Å². The number of hydrogen-bond donors (Lipinski definition) is 0. The molecule has 0 atom stereocenters. The molecule has 7 heteroatoms. The molecular formula is C84H61BN6. The van der Waals surface area contributed by atoms with Gasteiger partial charge in [-0.05, 0) is 165 Å². The van der Waals surface area contributed by atoms with Gasteiger partial charge in [0.25, 0.3) is 6.71 Å². The van der Waals surface area contributed by atoms with Gasteiger partial charge >= 0.3 is 0 Å². The lowest BCUT2D eigenvalue weighted by Gasteiger charge is -2.45. The van der Waals surface area contributed by atoms with Gasteiger partial charge in [0.2, 0.25) is 0 Å². The van der Waals surface area contributed by atoms with Crippen LogP contribution in [0.1, 0.15) is 37.5 Å². The summed E-state index contributed by atoms with van der Waals surface area (Å²) in [5, 5.41) is 21.7. The lowest BCUT2D eigenvalue weighted by Crippen LogP contribution is -2.61. The zero-order chi connectivity index (χ0) is 61.6. The second-order valence-corrected chi connectivity index (χ2v) is 24.3. The van der Waals surface area contributed by atoms with E-state index in [-0.39, 0.29) is 12.1 Å². The highest BCUT2D eigenvalue weighted by Crippen LogP contribution is 2.52. The maximum Gasteiger partial charge on any atom is 0.252 e. The average Bonchev–Trinajstić information content (AvgIpc) is 0.727. The van der Waals surface area contributed by atoms with E-state index >= 15 is 0 Å². The lowest BCUT2D eigenvalue weighted by atomic mass is 9.33. The van der Waals surface area contributed by atoms with Crippen LogP contribution in [0.3, 0.4) is 0 Å². The van der Waals surface area contributed by atoms with E-state index in [1.54, 1.807) is 0 Å². The number of benzene rings is 13. The van der Waals surface area contributed by atoms with Gasteiger partial charge in [0.1, 0.15) is 0 Å². The molecule has 2 heterocycles. The van der Waals surface area contributed by atoms with Gasteiger partial charge in [0, 0.05) is 67.8 Å². The van der Waals surface area contributed by atoms with Crippen molar-refractivity contribution in [3.63, 3.8) is 0 Å². The van der Waals surface area contributed by atoms with Gasteiger partial charge in [-0.1, -0.05) is 221 Å². The first kappa shape index (κ1) is 55.7. The van der Waals surface area contributed by atoms with Crippen molar-refractivity contribution >= 4 is 91.3 Å². The van der Waals surface area contributed by atoms with Crippen molar-refractivity contribution in [1.82, 2.24) is 0 Å². The summed E-state index contributed by atoms with van der Waals surface area (Å²) in [6, 6.07) is 117. The molecule has 0 aliphatic carbocycles. The predicted octanol–water partition coefficient (Wildman–Crippen LogP) is 20.4. The fourth-order valence-electron chi connectivity index (χ4n) is 13.7. The largest absolute Gasteiger partial charge is 0.311 e. The van der Waals surface area contributed by atoms with Crippen LogP contribution in [0.5, 0.6) is 0 Å². The van der Waals surface area contributed by atoms with Gasteiger partial charge in [0.05, 0.1) is 46.0 Å². The Balaban J connectivity index is 1.03. The Bertz CT molecular complexity index is 4880. The molecule has 91 heavy (non-hydrogen) atoms. The highest BCUT2D eigenvalue weighted by molar-refractivity contribution is 7.00. The van der Waals surface area contributed by atoms with Crippen molar-refractivity contribution in [2.24, 2.45) is 0 Å². The van der Waals surface area contributed by atoms with Crippen LogP contribution < -0.4 is 36.0 Å². The average molecular weight is 1170 g/mol. The quantitative estimate of drug-likeness (QED) is 0.114. The van der Waals surface area contributed by atoms with E-state index in [4.69, 9.17) is 0 Å². The van der Waals surface area contributed by atoms with E-state index in [9.17, 15) is 10.5 Å². The SMILES string of the molecule is CC(C)(C)c1cc(C#N)cc(-c2ccc3c(c2)N(c2ccccc2-c2ccccc2)c2cccc4c2B3c2ccc(-c3cc(C#N)ccc3N(c3ccccc3)c3ccccc3)cc2N4c2ccccc2-c2ccccc2)c1N(c1ccccc1)c1ccccc1. The third kappa shape index (κ3) is 9.96. The summed E-state index contributed by atoms with van der Waals surface area (Å²) < 4.78 is 0. The van der Waals surface area contributed by atoms with Crippen molar-refractivity contribution < 1.29 is 0 Å². The van der Waals surface area contributed by atoms with Crippen LogP contribution in [0.25, 0.3) is 44.5 Å². The van der Waals surface area contributed by atoms with Crippen molar-refractivity contribution in [3.05, 3.63) is 332 Å². The van der Waals surface area contributed by atoms with Gasteiger partial charge < -0.3 is 19.6 Å². The highest BCUT2D eigenvalue weighted by atomic mass is 15.2. The summed E-state index contributed by atoms with van der Waals surface area (Å²) in [4.78, 5) is 9.65. The normalized spacial score (nSPS) is 12.0. The fourth-order valence-corrected chi connectivity index (χ4v) is 13.7. The van der Waals surface area contributed by atoms with Crippen LogP contribution in [0.15, 0.2) is 315 Å². The number of anilines is 12. The summed E-state index contributed by atoms with van der Waals surface area (Å²) in [6.45, 7) is 6.47. The molecule has 13 aromatic rings. The molecule has 0 aromatic heterocycles. The van der Waals surface area contributed by atoms with Crippen LogP contribution in [0.2, 0.25) is 0 Å².